The number of aliphatic hydroxyl groups is 1. The Balaban J connectivity index is 2.86. The number of nitrogens with zero attached hydrogens (tertiary/aromatic N) is 2. The summed E-state index contributed by atoms with van der Waals surface area (Å²) >= 11 is 0. The van der Waals surface area contributed by atoms with Gasteiger partial charge >= 0.3 is 0 Å². The molecule has 1 aromatic heterocycles. The van der Waals surface area contributed by atoms with Crippen molar-refractivity contribution < 1.29 is 9.84 Å². The molecule has 5 heteroatoms. The molecule has 0 radical (unpaired) electrons. The number of aromatic nitrogens is 2. The molecule has 1 atom stereocenters. The molecule has 72 valence electrons. The zero-order valence-electron chi connectivity index (χ0n) is 7.47. The highest BCUT2D eigenvalue weighted by Gasteiger charge is 2.10. The SMILES string of the molecule is COc1cc(C(CN)CO)ncn1. The van der Waals surface area contributed by atoms with Gasteiger partial charge in [0.15, 0.2) is 0 Å². The van der Waals surface area contributed by atoms with Crippen molar-refractivity contribution in [3.63, 3.8) is 0 Å². The van der Waals surface area contributed by atoms with Crippen LogP contribution < -0.4 is 10.5 Å². The van der Waals surface area contributed by atoms with E-state index in [1.165, 1.54) is 13.4 Å². The van der Waals surface area contributed by atoms with Crippen LogP contribution in [0.2, 0.25) is 0 Å². The number of hydrogen-bond donors (Lipinski definition) is 2. The number of rotatable bonds is 4. The first-order valence-corrected chi connectivity index (χ1v) is 3.98. The highest BCUT2D eigenvalue weighted by Crippen LogP contribution is 2.14. The normalized spacial score (nSPS) is 12.5. The molecular formula is C8H13N3O2. The average molecular weight is 183 g/mol. The molecule has 0 aliphatic rings. The van der Waals surface area contributed by atoms with Gasteiger partial charge in [-0.1, -0.05) is 0 Å². The van der Waals surface area contributed by atoms with Gasteiger partial charge in [-0.3, -0.25) is 0 Å². The highest BCUT2D eigenvalue weighted by atomic mass is 16.5. The summed E-state index contributed by atoms with van der Waals surface area (Å²) in [5, 5.41) is 8.96. The molecule has 0 saturated heterocycles. The third-order valence-electron chi connectivity index (χ3n) is 1.80. The van der Waals surface area contributed by atoms with Crippen molar-refractivity contribution in [3.8, 4) is 5.88 Å². The van der Waals surface area contributed by atoms with Gasteiger partial charge in [0.2, 0.25) is 5.88 Å². The molecule has 0 aromatic carbocycles. The van der Waals surface area contributed by atoms with E-state index in [0.29, 0.717) is 18.1 Å². The van der Waals surface area contributed by atoms with Crippen LogP contribution in [0.1, 0.15) is 11.6 Å². The Morgan fingerprint density at radius 2 is 2.38 bits per heavy atom. The minimum atomic E-state index is -0.142. The van der Waals surface area contributed by atoms with E-state index in [-0.39, 0.29) is 12.5 Å². The van der Waals surface area contributed by atoms with Gasteiger partial charge in [0.1, 0.15) is 6.33 Å². The number of nitrogens with two attached hydrogens (primary N) is 1. The molecule has 0 saturated carbocycles. The van der Waals surface area contributed by atoms with Crippen LogP contribution in [0.15, 0.2) is 12.4 Å². The quantitative estimate of drug-likeness (QED) is 0.659. The third-order valence-corrected chi connectivity index (χ3v) is 1.80. The fourth-order valence-electron chi connectivity index (χ4n) is 0.977. The molecule has 0 aliphatic carbocycles. The smallest absolute Gasteiger partial charge is 0.216 e. The van der Waals surface area contributed by atoms with Gasteiger partial charge in [-0.2, -0.15) is 0 Å². The minimum Gasteiger partial charge on any atom is -0.481 e. The summed E-state index contributed by atoms with van der Waals surface area (Å²) < 4.78 is 4.92. The summed E-state index contributed by atoms with van der Waals surface area (Å²) in [5.74, 6) is 0.341. The first-order chi connectivity index (χ1) is 6.31. The Bertz CT molecular complexity index is 263. The van der Waals surface area contributed by atoms with Crippen molar-refractivity contribution in [1.82, 2.24) is 9.97 Å². The second kappa shape index (κ2) is 4.74. The van der Waals surface area contributed by atoms with Crippen molar-refractivity contribution >= 4 is 0 Å². The fraction of sp³-hybridized carbons (Fsp3) is 0.500. The maximum Gasteiger partial charge on any atom is 0.216 e. The molecule has 0 spiro atoms. The van der Waals surface area contributed by atoms with Crippen molar-refractivity contribution in [2.24, 2.45) is 5.73 Å². The molecule has 1 unspecified atom stereocenters. The summed E-state index contributed by atoms with van der Waals surface area (Å²) in [6.07, 6.45) is 1.40. The summed E-state index contributed by atoms with van der Waals surface area (Å²) in [5.41, 5.74) is 6.15. The molecule has 0 amide bonds. The lowest BCUT2D eigenvalue weighted by Gasteiger charge is -2.10. The van der Waals surface area contributed by atoms with Crippen LogP contribution in [0.4, 0.5) is 0 Å². The standard InChI is InChI=1S/C8H13N3O2/c1-13-8-2-7(10-5-11-8)6(3-9)4-12/h2,5-6,12H,3-4,9H2,1H3. The minimum absolute atomic E-state index is 0.0172. The number of ether oxygens (including phenoxy) is 1. The zero-order valence-corrected chi connectivity index (χ0v) is 7.47. The lowest BCUT2D eigenvalue weighted by Crippen LogP contribution is -2.17. The second-order valence-corrected chi connectivity index (χ2v) is 2.60. The van der Waals surface area contributed by atoms with Crippen LogP contribution in [-0.2, 0) is 0 Å². The maximum atomic E-state index is 8.96. The molecule has 13 heavy (non-hydrogen) atoms. The number of methoxy groups -OCH3 is 1. The van der Waals surface area contributed by atoms with Gasteiger partial charge in [-0.15, -0.1) is 0 Å². The van der Waals surface area contributed by atoms with E-state index in [0.717, 1.165) is 0 Å². The Morgan fingerprint density at radius 1 is 1.62 bits per heavy atom. The van der Waals surface area contributed by atoms with E-state index < -0.39 is 0 Å². The van der Waals surface area contributed by atoms with E-state index in [4.69, 9.17) is 15.6 Å². The highest BCUT2D eigenvalue weighted by molar-refractivity contribution is 5.17. The van der Waals surface area contributed by atoms with Crippen molar-refractivity contribution in [2.45, 2.75) is 5.92 Å². The van der Waals surface area contributed by atoms with Crippen molar-refractivity contribution in [2.75, 3.05) is 20.3 Å². The molecule has 0 fully saturated rings. The molecule has 5 nitrogen and oxygen atoms in total. The summed E-state index contributed by atoms with van der Waals surface area (Å²) in [7, 11) is 1.53. The van der Waals surface area contributed by atoms with E-state index in [2.05, 4.69) is 9.97 Å². The third kappa shape index (κ3) is 2.37. The molecule has 3 N–H and O–H groups in total. The van der Waals surface area contributed by atoms with Gasteiger partial charge in [-0.05, 0) is 0 Å². The maximum absolute atomic E-state index is 8.96. The van der Waals surface area contributed by atoms with E-state index >= 15 is 0 Å². The molecule has 0 bridgehead atoms. The van der Waals surface area contributed by atoms with Gasteiger partial charge < -0.3 is 15.6 Å². The molecular weight excluding hydrogens is 170 g/mol. The predicted octanol–water partition coefficient (Wildman–Crippen LogP) is -0.480. The summed E-state index contributed by atoms with van der Waals surface area (Å²) in [6.45, 7) is 0.341. The van der Waals surface area contributed by atoms with Crippen molar-refractivity contribution in [3.05, 3.63) is 18.1 Å². The van der Waals surface area contributed by atoms with E-state index in [9.17, 15) is 0 Å². The second-order valence-electron chi connectivity index (χ2n) is 2.60. The summed E-state index contributed by atoms with van der Waals surface area (Å²) in [4.78, 5) is 7.85. The van der Waals surface area contributed by atoms with Crippen LogP contribution in [0.5, 0.6) is 5.88 Å². The lowest BCUT2D eigenvalue weighted by molar-refractivity contribution is 0.265. The molecule has 0 aliphatic heterocycles. The van der Waals surface area contributed by atoms with Crippen LogP contribution in [0.3, 0.4) is 0 Å². The van der Waals surface area contributed by atoms with Crippen LogP contribution in [0, 0.1) is 0 Å². The average Bonchev–Trinajstić information content (AvgIpc) is 2.20. The summed E-state index contributed by atoms with van der Waals surface area (Å²) in [6, 6.07) is 1.67. The van der Waals surface area contributed by atoms with E-state index in [1.807, 2.05) is 0 Å². The van der Waals surface area contributed by atoms with E-state index in [1.54, 1.807) is 6.07 Å². The molecule has 1 rings (SSSR count). The Labute approximate surface area is 76.6 Å². The topological polar surface area (TPSA) is 81.3 Å². The zero-order chi connectivity index (χ0) is 9.68. The Morgan fingerprint density at radius 3 is 2.92 bits per heavy atom. The monoisotopic (exact) mass is 183 g/mol. The lowest BCUT2D eigenvalue weighted by atomic mass is 10.1. The van der Waals surface area contributed by atoms with Crippen LogP contribution in [0.25, 0.3) is 0 Å². The van der Waals surface area contributed by atoms with Gasteiger partial charge in [-0.25, -0.2) is 9.97 Å². The Kier molecular flexibility index (Phi) is 3.60. The van der Waals surface area contributed by atoms with Gasteiger partial charge in [0.05, 0.1) is 19.4 Å². The largest absolute Gasteiger partial charge is 0.481 e. The van der Waals surface area contributed by atoms with Crippen LogP contribution >= 0.6 is 0 Å². The fourth-order valence-corrected chi connectivity index (χ4v) is 0.977. The molecule has 1 heterocycles. The first kappa shape index (κ1) is 9.88. The van der Waals surface area contributed by atoms with Gasteiger partial charge in [0.25, 0.3) is 0 Å². The van der Waals surface area contributed by atoms with Crippen molar-refractivity contribution in [1.29, 1.82) is 0 Å². The first-order valence-electron chi connectivity index (χ1n) is 3.98. The predicted molar refractivity (Wildman–Crippen MR) is 47.5 cm³/mol. The number of aliphatic hydroxyl groups excluding tert-OH is 1. The van der Waals surface area contributed by atoms with Crippen LogP contribution in [-0.4, -0.2) is 35.3 Å². The Hall–Kier alpha value is -1.20. The molecule has 1 aromatic rings. The number of hydrogen-bond acceptors (Lipinski definition) is 5. The van der Waals surface area contributed by atoms with Gasteiger partial charge in [0, 0.05) is 18.5 Å².